The number of nitrogens with one attached hydrogen (secondary N) is 1. The zero-order valence-electron chi connectivity index (χ0n) is 7.83. The topological polar surface area (TPSA) is 123 Å². The monoisotopic (exact) mass is 236 g/mol. The lowest BCUT2D eigenvalue weighted by molar-refractivity contribution is 0.0669. The Morgan fingerprint density at radius 1 is 1.53 bits per heavy atom. The molecule has 1 heterocycles. The summed E-state index contributed by atoms with van der Waals surface area (Å²) >= 11 is 0. The van der Waals surface area contributed by atoms with Crippen molar-refractivity contribution < 1.29 is 23.2 Å². The molecule has 0 saturated heterocycles. The normalized spacial score (nSPS) is 11.1. The van der Waals surface area contributed by atoms with E-state index in [0.717, 1.165) is 6.26 Å². The highest BCUT2D eigenvalue weighted by atomic mass is 32.2. The molecular formula is C5H8N4O5S. The van der Waals surface area contributed by atoms with Gasteiger partial charge in [0.25, 0.3) is 0 Å². The van der Waals surface area contributed by atoms with Crippen molar-refractivity contribution in [2.45, 2.75) is 0 Å². The Bertz CT molecular complexity index is 478. The van der Waals surface area contributed by atoms with E-state index in [1.54, 1.807) is 0 Å². The van der Waals surface area contributed by atoms with E-state index in [0.29, 0.717) is 4.96 Å². The molecule has 1 rings (SSSR count). The molecule has 15 heavy (non-hydrogen) atoms. The minimum Gasteiger partial charge on any atom is -0.476 e. The van der Waals surface area contributed by atoms with E-state index in [4.69, 9.17) is 5.11 Å². The number of aromatic carboxylic acids is 1. The molecule has 0 aromatic carbocycles. The molecule has 0 amide bonds. The third-order valence-electron chi connectivity index (χ3n) is 1.24. The minimum atomic E-state index is -3.61. The number of hydrogen-bond donors (Lipinski definition) is 2. The summed E-state index contributed by atoms with van der Waals surface area (Å²) in [5.74, 6) is -1.81. The Morgan fingerprint density at radius 3 is 2.53 bits per heavy atom. The van der Waals surface area contributed by atoms with Gasteiger partial charge < -0.3 is 9.94 Å². The maximum absolute atomic E-state index is 10.9. The van der Waals surface area contributed by atoms with E-state index in [1.807, 2.05) is 4.72 Å². The van der Waals surface area contributed by atoms with Crippen LogP contribution in [0.2, 0.25) is 0 Å². The van der Waals surface area contributed by atoms with Gasteiger partial charge in [0.2, 0.25) is 21.5 Å². The molecular weight excluding hydrogens is 228 g/mol. The fourth-order valence-corrected chi connectivity index (χ4v) is 1.25. The maximum atomic E-state index is 10.9. The molecule has 0 bridgehead atoms. The first-order valence-electron chi connectivity index (χ1n) is 3.56. The van der Waals surface area contributed by atoms with Gasteiger partial charge in [-0.2, -0.15) is 0 Å². The third kappa shape index (κ3) is 2.80. The molecule has 0 unspecified atom stereocenters. The lowest BCUT2D eigenvalue weighted by Crippen LogP contribution is -2.13. The third-order valence-corrected chi connectivity index (χ3v) is 1.81. The van der Waals surface area contributed by atoms with Crippen LogP contribution in [0.15, 0.2) is 0 Å². The molecule has 0 aliphatic heterocycles. The van der Waals surface area contributed by atoms with Crippen molar-refractivity contribution in [3.8, 4) is 0 Å². The van der Waals surface area contributed by atoms with Gasteiger partial charge >= 0.3 is 5.97 Å². The standard InChI is InChI=1S/C5H8N4O5S/c1-14-9-6-3(5(10)11)4(7-9)8-15(2,12)13/h1-2H3,(H,7,8)(H,10,11). The van der Waals surface area contributed by atoms with Crippen molar-refractivity contribution in [2.75, 3.05) is 18.1 Å². The molecule has 0 saturated carbocycles. The maximum Gasteiger partial charge on any atom is 0.360 e. The highest BCUT2D eigenvalue weighted by molar-refractivity contribution is 7.92. The zero-order valence-corrected chi connectivity index (χ0v) is 8.65. The van der Waals surface area contributed by atoms with Crippen molar-refractivity contribution in [3.63, 3.8) is 0 Å². The highest BCUT2D eigenvalue weighted by Gasteiger charge is 2.20. The summed E-state index contributed by atoms with van der Waals surface area (Å²) in [6.45, 7) is 0. The number of rotatable bonds is 4. The van der Waals surface area contributed by atoms with Gasteiger partial charge in [0.05, 0.1) is 6.26 Å². The highest BCUT2D eigenvalue weighted by Crippen LogP contribution is 2.09. The second-order valence-corrected chi connectivity index (χ2v) is 4.26. The van der Waals surface area contributed by atoms with Crippen LogP contribution in [-0.4, -0.2) is 48.0 Å². The van der Waals surface area contributed by atoms with Crippen LogP contribution in [0, 0.1) is 0 Å². The van der Waals surface area contributed by atoms with E-state index in [1.165, 1.54) is 7.11 Å². The average Bonchev–Trinajstić information content (AvgIpc) is 2.44. The first-order valence-corrected chi connectivity index (χ1v) is 5.45. The van der Waals surface area contributed by atoms with Crippen LogP contribution >= 0.6 is 0 Å². The largest absolute Gasteiger partial charge is 0.476 e. The summed E-state index contributed by atoms with van der Waals surface area (Å²) in [6.07, 6.45) is 0.866. The predicted molar refractivity (Wildman–Crippen MR) is 48.0 cm³/mol. The molecule has 1 aromatic rings. The van der Waals surface area contributed by atoms with Crippen molar-refractivity contribution in [1.82, 2.24) is 15.2 Å². The smallest absolute Gasteiger partial charge is 0.360 e. The van der Waals surface area contributed by atoms with Gasteiger partial charge in [0, 0.05) is 0 Å². The average molecular weight is 236 g/mol. The van der Waals surface area contributed by atoms with Crippen molar-refractivity contribution >= 4 is 21.8 Å². The van der Waals surface area contributed by atoms with Gasteiger partial charge in [0.15, 0.2) is 0 Å². The van der Waals surface area contributed by atoms with Crippen LogP contribution in [0.3, 0.4) is 0 Å². The number of aromatic nitrogens is 3. The number of carboxylic acid groups (broad SMARTS) is 1. The second kappa shape index (κ2) is 3.73. The van der Waals surface area contributed by atoms with Crippen LogP contribution in [-0.2, 0) is 10.0 Å². The Hall–Kier alpha value is -1.84. The molecule has 10 heteroatoms. The number of carbonyl (C=O) groups is 1. The fraction of sp³-hybridized carbons (Fsp3) is 0.400. The molecule has 0 fully saturated rings. The molecule has 0 spiro atoms. The van der Waals surface area contributed by atoms with Crippen LogP contribution in [0.1, 0.15) is 10.5 Å². The SMILES string of the molecule is COn1nc(NS(C)(=O)=O)c(C(=O)O)n1. The first kappa shape index (κ1) is 11.2. The van der Waals surface area contributed by atoms with Crippen molar-refractivity contribution in [1.29, 1.82) is 0 Å². The lowest BCUT2D eigenvalue weighted by atomic mass is 10.4. The van der Waals surface area contributed by atoms with Crippen LogP contribution in [0.4, 0.5) is 5.82 Å². The molecule has 0 radical (unpaired) electrons. The molecule has 0 atom stereocenters. The van der Waals surface area contributed by atoms with Crippen LogP contribution in [0.25, 0.3) is 0 Å². The molecule has 0 aliphatic carbocycles. The Morgan fingerprint density at radius 2 is 2.13 bits per heavy atom. The summed E-state index contributed by atoms with van der Waals surface area (Å²) in [5.41, 5.74) is -0.540. The molecule has 0 aliphatic rings. The summed E-state index contributed by atoms with van der Waals surface area (Å²) in [4.78, 5) is 15.7. The molecule has 84 valence electrons. The number of carboxylic acids is 1. The summed E-state index contributed by atoms with van der Waals surface area (Å²) in [7, 11) is -2.41. The van der Waals surface area contributed by atoms with E-state index < -0.39 is 27.5 Å². The van der Waals surface area contributed by atoms with Gasteiger partial charge in [-0.3, -0.25) is 4.72 Å². The Balaban J connectivity index is 3.15. The van der Waals surface area contributed by atoms with Gasteiger partial charge in [-0.1, -0.05) is 5.10 Å². The predicted octanol–water partition coefficient (Wildman–Crippen LogP) is -1.59. The van der Waals surface area contributed by atoms with Gasteiger partial charge in [-0.25, -0.2) is 13.2 Å². The number of nitrogens with zero attached hydrogens (tertiary/aromatic N) is 3. The van der Waals surface area contributed by atoms with Gasteiger partial charge in [-0.15, -0.1) is 5.10 Å². The lowest BCUT2D eigenvalue weighted by Gasteiger charge is -1.97. The second-order valence-electron chi connectivity index (χ2n) is 2.51. The zero-order chi connectivity index (χ0) is 11.6. The molecule has 1 aromatic heterocycles. The van der Waals surface area contributed by atoms with E-state index in [-0.39, 0.29) is 0 Å². The van der Waals surface area contributed by atoms with Crippen LogP contribution in [0.5, 0.6) is 0 Å². The summed E-state index contributed by atoms with van der Waals surface area (Å²) < 4.78 is 23.6. The molecule has 9 nitrogen and oxygen atoms in total. The van der Waals surface area contributed by atoms with E-state index >= 15 is 0 Å². The quantitative estimate of drug-likeness (QED) is 0.645. The Kier molecular flexibility index (Phi) is 2.79. The number of sulfonamides is 1. The number of anilines is 1. The van der Waals surface area contributed by atoms with Crippen LogP contribution < -0.4 is 9.56 Å². The summed E-state index contributed by atoms with van der Waals surface area (Å²) in [5, 5.41) is 15.5. The van der Waals surface area contributed by atoms with Gasteiger partial charge in [0.1, 0.15) is 7.11 Å². The minimum absolute atomic E-state index is 0.396. The fourth-order valence-electron chi connectivity index (χ4n) is 0.758. The van der Waals surface area contributed by atoms with Crippen molar-refractivity contribution in [2.24, 2.45) is 0 Å². The van der Waals surface area contributed by atoms with Gasteiger partial charge in [-0.05, 0) is 4.96 Å². The first-order chi connectivity index (χ1) is 6.83. The summed E-state index contributed by atoms with van der Waals surface area (Å²) in [6, 6.07) is 0. The van der Waals surface area contributed by atoms with E-state index in [9.17, 15) is 13.2 Å². The Labute approximate surface area is 84.7 Å². The van der Waals surface area contributed by atoms with E-state index in [2.05, 4.69) is 15.0 Å². The number of hydrogen-bond acceptors (Lipinski definition) is 6. The van der Waals surface area contributed by atoms with Crippen molar-refractivity contribution in [3.05, 3.63) is 5.69 Å². The molecule has 2 N–H and O–H groups in total.